The SMILES string of the molecule is C(=N\Nc1nncn2cccc12)/c1ccccc1. The highest BCUT2D eigenvalue weighted by molar-refractivity contribution is 5.80. The van der Waals surface area contributed by atoms with Gasteiger partial charge in [-0.2, -0.15) is 5.10 Å². The smallest absolute Gasteiger partial charge is 0.193 e. The lowest BCUT2D eigenvalue weighted by Crippen LogP contribution is -1.98. The molecule has 0 saturated heterocycles. The second kappa shape index (κ2) is 4.67. The number of hydrazone groups is 1. The standard InChI is InChI=1S/C13H11N5/c1-2-5-11(6-3-1)9-14-16-13-12-7-4-8-18(12)10-15-17-13/h1-10H,(H,16,17)/b14-9+. The van der Waals surface area contributed by atoms with Gasteiger partial charge in [0, 0.05) is 6.20 Å². The van der Waals surface area contributed by atoms with Gasteiger partial charge in [0.15, 0.2) is 5.82 Å². The van der Waals surface area contributed by atoms with Crippen LogP contribution in [0.2, 0.25) is 0 Å². The number of hydrogen-bond acceptors (Lipinski definition) is 4. The van der Waals surface area contributed by atoms with Gasteiger partial charge in [-0.05, 0) is 17.7 Å². The van der Waals surface area contributed by atoms with Gasteiger partial charge in [0.25, 0.3) is 0 Å². The van der Waals surface area contributed by atoms with Gasteiger partial charge in [0.1, 0.15) is 6.33 Å². The van der Waals surface area contributed by atoms with Crippen LogP contribution in [0, 0.1) is 0 Å². The first-order valence-electron chi connectivity index (χ1n) is 5.56. The summed E-state index contributed by atoms with van der Waals surface area (Å²) < 4.78 is 1.88. The third-order valence-corrected chi connectivity index (χ3v) is 2.54. The lowest BCUT2D eigenvalue weighted by molar-refractivity contribution is 0.947. The predicted octanol–water partition coefficient (Wildman–Crippen LogP) is 2.18. The Morgan fingerprint density at radius 2 is 2.00 bits per heavy atom. The third-order valence-electron chi connectivity index (χ3n) is 2.54. The largest absolute Gasteiger partial charge is 0.303 e. The predicted molar refractivity (Wildman–Crippen MR) is 70.6 cm³/mol. The molecule has 0 radical (unpaired) electrons. The lowest BCUT2D eigenvalue weighted by atomic mass is 10.2. The number of nitrogens with one attached hydrogen (secondary N) is 1. The number of fused-ring (bicyclic) bond motifs is 1. The Morgan fingerprint density at radius 3 is 2.89 bits per heavy atom. The van der Waals surface area contributed by atoms with E-state index in [1.54, 1.807) is 12.5 Å². The van der Waals surface area contributed by atoms with Crippen LogP contribution in [0.1, 0.15) is 5.56 Å². The van der Waals surface area contributed by atoms with E-state index in [1.165, 1.54) is 0 Å². The highest BCUT2D eigenvalue weighted by Crippen LogP contribution is 2.12. The Labute approximate surface area is 104 Å². The molecule has 0 bridgehead atoms. The van der Waals surface area contributed by atoms with Gasteiger partial charge in [-0.3, -0.25) is 5.43 Å². The van der Waals surface area contributed by atoms with E-state index in [-0.39, 0.29) is 0 Å². The number of hydrogen-bond donors (Lipinski definition) is 1. The zero-order chi connectivity index (χ0) is 12.2. The summed E-state index contributed by atoms with van der Waals surface area (Å²) in [7, 11) is 0. The molecular formula is C13H11N5. The van der Waals surface area contributed by atoms with E-state index in [9.17, 15) is 0 Å². The Kier molecular flexibility index (Phi) is 2.71. The number of aromatic nitrogens is 3. The van der Waals surface area contributed by atoms with E-state index in [4.69, 9.17) is 0 Å². The van der Waals surface area contributed by atoms with Crippen molar-refractivity contribution in [3.05, 3.63) is 60.6 Å². The van der Waals surface area contributed by atoms with Crippen LogP contribution in [0.5, 0.6) is 0 Å². The third kappa shape index (κ3) is 2.06. The van der Waals surface area contributed by atoms with Crippen molar-refractivity contribution in [1.29, 1.82) is 0 Å². The number of nitrogens with zero attached hydrogens (tertiary/aromatic N) is 4. The first-order chi connectivity index (χ1) is 8.93. The van der Waals surface area contributed by atoms with Crippen molar-refractivity contribution in [3.8, 4) is 0 Å². The molecule has 2 heterocycles. The Bertz CT molecular complexity index is 672. The molecule has 3 aromatic rings. The number of benzene rings is 1. The van der Waals surface area contributed by atoms with Gasteiger partial charge < -0.3 is 4.40 Å². The molecule has 0 amide bonds. The summed E-state index contributed by atoms with van der Waals surface area (Å²) in [6.07, 6.45) is 5.31. The zero-order valence-corrected chi connectivity index (χ0v) is 9.56. The van der Waals surface area contributed by atoms with Crippen molar-refractivity contribution in [2.24, 2.45) is 5.10 Å². The summed E-state index contributed by atoms with van der Waals surface area (Å²) in [5.41, 5.74) is 4.87. The quantitative estimate of drug-likeness (QED) is 0.561. The van der Waals surface area contributed by atoms with Crippen molar-refractivity contribution >= 4 is 17.5 Å². The monoisotopic (exact) mass is 237 g/mol. The minimum atomic E-state index is 0.634. The fourth-order valence-electron chi connectivity index (χ4n) is 1.67. The lowest BCUT2D eigenvalue weighted by Gasteiger charge is -2.00. The van der Waals surface area contributed by atoms with Gasteiger partial charge >= 0.3 is 0 Å². The van der Waals surface area contributed by atoms with Crippen LogP contribution in [-0.4, -0.2) is 20.8 Å². The van der Waals surface area contributed by atoms with Crippen LogP contribution in [0.15, 0.2) is 60.1 Å². The van der Waals surface area contributed by atoms with Gasteiger partial charge in [0.2, 0.25) is 0 Å². The molecule has 2 aromatic heterocycles. The summed E-state index contributed by atoms with van der Waals surface area (Å²) in [5.74, 6) is 0.634. The molecule has 0 aliphatic carbocycles. The Morgan fingerprint density at radius 1 is 1.11 bits per heavy atom. The van der Waals surface area contributed by atoms with E-state index in [1.807, 2.05) is 53.1 Å². The Balaban J connectivity index is 1.81. The van der Waals surface area contributed by atoms with Gasteiger partial charge in [-0.25, -0.2) is 0 Å². The van der Waals surface area contributed by atoms with Gasteiger partial charge in [-0.1, -0.05) is 30.3 Å². The van der Waals surface area contributed by atoms with E-state index in [2.05, 4.69) is 20.7 Å². The second-order valence-electron chi connectivity index (χ2n) is 3.76. The molecule has 1 aromatic carbocycles. The molecule has 0 saturated carbocycles. The molecule has 88 valence electrons. The maximum atomic E-state index is 4.15. The fourth-order valence-corrected chi connectivity index (χ4v) is 1.67. The minimum absolute atomic E-state index is 0.634. The minimum Gasteiger partial charge on any atom is -0.303 e. The van der Waals surface area contributed by atoms with Crippen molar-refractivity contribution in [1.82, 2.24) is 14.6 Å². The number of anilines is 1. The van der Waals surface area contributed by atoms with Gasteiger partial charge in [-0.15, -0.1) is 10.2 Å². The molecule has 0 atom stereocenters. The summed E-state index contributed by atoms with van der Waals surface area (Å²) in [6.45, 7) is 0. The highest BCUT2D eigenvalue weighted by Gasteiger charge is 2.00. The average Bonchev–Trinajstić information content (AvgIpc) is 2.89. The molecule has 0 aliphatic heterocycles. The zero-order valence-electron chi connectivity index (χ0n) is 9.56. The topological polar surface area (TPSA) is 54.6 Å². The second-order valence-corrected chi connectivity index (χ2v) is 3.76. The van der Waals surface area contributed by atoms with Crippen LogP contribution < -0.4 is 5.43 Å². The van der Waals surface area contributed by atoms with E-state index in [0.717, 1.165) is 11.1 Å². The van der Waals surface area contributed by atoms with E-state index >= 15 is 0 Å². The van der Waals surface area contributed by atoms with Crippen LogP contribution in [0.25, 0.3) is 5.52 Å². The fraction of sp³-hybridized carbons (Fsp3) is 0. The van der Waals surface area contributed by atoms with Crippen molar-refractivity contribution < 1.29 is 0 Å². The average molecular weight is 237 g/mol. The van der Waals surface area contributed by atoms with Gasteiger partial charge in [0.05, 0.1) is 11.7 Å². The first-order valence-corrected chi connectivity index (χ1v) is 5.56. The summed E-state index contributed by atoms with van der Waals surface area (Å²) >= 11 is 0. The molecule has 18 heavy (non-hydrogen) atoms. The molecular weight excluding hydrogens is 226 g/mol. The molecule has 5 nitrogen and oxygen atoms in total. The molecule has 0 spiro atoms. The maximum Gasteiger partial charge on any atom is 0.193 e. The first kappa shape index (κ1) is 10.5. The summed E-state index contributed by atoms with van der Waals surface area (Å²) in [4.78, 5) is 0. The van der Waals surface area contributed by atoms with Crippen LogP contribution in [-0.2, 0) is 0 Å². The molecule has 1 N–H and O–H groups in total. The van der Waals surface area contributed by atoms with E-state index in [0.29, 0.717) is 5.82 Å². The number of rotatable bonds is 3. The Hall–Kier alpha value is -2.69. The van der Waals surface area contributed by atoms with Crippen LogP contribution in [0.3, 0.4) is 0 Å². The van der Waals surface area contributed by atoms with Crippen LogP contribution in [0.4, 0.5) is 5.82 Å². The molecule has 0 fully saturated rings. The van der Waals surface area contributed by atoms with Crippen molar-refractivity contribution in [2.45, 2.75) is 0 Å². The summed E-state index contributed by atoms with van der Waals surface area (Å²) in [6, 6.07) is 13.8. The molecule has 0 aliphatic rings. The molecule has 5 heteroatoms. The van der Waals surface area contributed by atoms with E-state index < -0.39 is 0 Å². The van der Waals surface area contributed by atoms with Crippen LogP contribution >= 0.6 is 0 Å². The van der Waals surface area contributed by atoms with Crippen molar-refractivity contribution in [2.75, 3.05) is 5.43 Å². The normalized spacial score (nSPS) is 11.1. The molecule has 3 rings (SSSR count). The maximum absolute atomic E-state index is 4.15. The van der Waals surface area contributed by atoms with Crippen molar-refractivity contribution in [3.63, 3.8) is 0 Å². The summed E-state index contributed by atoms with van der Waals surface area (Å²) in [5, 5.41) is 12.1. The molecule has 0 unspecified atom stereocenters. The highest BCUT2D eigenvalue weighted by atomic mass is 15.4.